The van der Waals surface area contributed by atoms with Crippen molar-refractivity contribution in [3.63, 3.8) is 0 Å². The van der Waals surface area contributed by atoms with E-state index in [9.17, 15) is 9.59 Å². The number of benzene rings is 1. The largest absolute Gasteiger partial charge is 0.340 e. The van der Waals surface area contributed by atoms with Gasteiger partial charge in [0.05, 0.1) is 5.69 Å². The lowest BCUT2D eigenvalue weighted by molar-refractivity contribution is -0.118. The maximum Gasteiger partial charge on any atom is 0.251 e. The van der Waals surface area contributed by atoms with Gasteiger partial charge in [0.1, 0.15) is 6.04 Å². The zero-order valence-electron chi connectivity index (χ0n) is 14.0. The molecule has 1 unspecified atom stereocenters. The van der Waals surface area contributed by atoms with Crippen LogP contribution in [0.25, 0.3) is 0 Å². The van der Waals surface area contributed by atoms with Gasteiger partial charge < -0.3 is 10.6 Å². The van der Waals surface area contributed by atoms with Crippen molar-refractivity contribution in [1.29, 1.82) is 0 Å². The van der Waals surface area contributed by atoms with Crippen molar-refractivity contribution >= 4 is 40.0 Å². The van der Waals surface area contributed by atoms with E-state index in [4.69, 9.17) is 0 Å². The first-order valence-corrected chi connectivity index (χ1v) is 9.86. The molecule has 1 heterocycles. The van der Waals surface area contributed by atoms with E-state index >= 15 is 0 Å². The molecule has 2 amide bonds. The van der Waals surface area contributed by atoms with Crippen LogP contribution in [0.4, 0.5) is 5.13 Å². The number of aromatic nitrogens is 1. The molecule has 0 radical (unpaired) electrons. The van der Waals surface area contributed by atoms with Crippen LogP contribution in [0.1, 0.15) is 28.0 Å². The van der Waals surface area contributed by atoms with Crippen LogP contribution in [0.3, 0.4) is 0 Å². The molecule has 7 heteroatoms. The van der Waals surface area contributed by atoms with Crippen LogP contribution in [0, 0.1) is 13.8 Å². The van der Waals surface area contributed by atoms with Gasteiger partial charge in [0, 0.05) is 10.9 Å². The lowest BCUT2D eigenvalue weighted by Gasteiger charge is -2.17. The first-order chi connectivity index (χ1) is 11.5. The number of thioether (sulfide) groups is 1. The van der Waals surface area contributed by atoms with Gasteiger partial charge in [0.15, 0.2) is 5.13 Å². The fourth-order valence-electron chi connectivity index (χ4n) is 2.14. The van der Waals surface area contributed by atoms with Crippen molar-refractivity contribution in [2.45, 2.75) is 26.3 Å². The summed E-state index contributed by atoms with van der Waals surface area (Å²) in [4.78, 5) is 29.1. The van der Waals surface area contributed by atoms with Gasteiger partial charge in [-0.2, -0.15) is 11.8 Å². The smallest absolute Gasteiger partial charge is 0.251 e. The molecule has 0 aliphatic heterocycles. The number of nitrogens with one attached hydrogen (secondary N) is 2. The van der Waals surface area contributed by atoms with Crippen LogP contribution in [0.5, 0.6) is 0 Å². The maximum atomic E-state index is 12.5. The average Bonchev–Trinajstić information content (AvgIpc) is 2.96. The second-order valence-corrected chi connectivity index (χ2v) is 7.30. The van der Waals surface area contributed by atoms with Gasteiger partial charge in [0.2, 0.25) is 5.91 Å². The Morgan fingerprint density at radius 2 is 2.12 bits per heavy atom. The number of rotatable bonds is 7. The summed E-state index contributed by atoms with van der Waals surface area (Å²) < 4.78 is 0. The van der Waals surface area contributed by atoms with Gasteiger partial charge in [-0.15, -0.1) is 11.3 Å². The summed E-state index contributed by atoms with van der Waals surface area (Å²) >= 11 is 3.01. The zero-order chi connectivity index (χ0) is 17.5. The predicted octanol–water partition coefficient (Wildman–Crippen LogP) is 3.25. The van der Waals surface area contributed by atoms with E-state index in [1.165, 1.54) is 11.3 Å². The fourth-order valence-corrected chi connectivity index (χ4v) is 3.30. The lowest BCUT2D eigenvalue weighted by Crippen LogP contribution is -2.44. The molecule has 1 aromatic carbocycles. The summed E-state index contributed by atoms with van der Waals surface area (Å²) in [6, 6.07) is 6.73. The van der Waals surface area contributed by atoms with Crippen molar-refractivity contribution in [2.75, 3.05) is 17.3 Å². The topological polar surface area (TPSA) is 71.1 Å². The number of hydrogen-bond donors (Lipinski definition) is 2. The van der Waals surface area contributed by atoms with Crippen molar-refractivity contribution < 1.29 is 9.59 Å². The minimum Gasteiger partial charge on any atom is -0.340 e. The second kappa shape index (κ2) is 8.84. The van der Waals surface area contributed by atoms with E-state index in [2.05, 4.69) is 15.6 Å². The molecule has 0 saturated heterocycles. The van der Waals surface area contributed by atoms with Gasteiger partial charge in [-0.05, 0) is 44.4 Å². The molecular formula is C17H21N3O2S2. The Balaban J connectivity index is 2.06. The van der Waals surface area contributed by atoms with Crippen LogP contribution in [0.2, 0.25) is 0 Å². The highest BCUT2D eigenvalue weighted by Gasteiger charge is 2.22. The Bertz CT molecular complexity index is 715. The molecule has 2 rings (SSSR count). The number of amides is 2. The highest BCUT2D eigenvalue weighted by Crippen LogP contribution is 2.15. The van der Waals surface area contributed by atoms with Crippen LogP contribution < -0.4 is 10.6 Å². The van der Waals surface area contributed by atoms with Crippen LogP contribution >= 0.6 is 23.1 Å². The van der Waals surface area contributed by atoms with E-state index in [1.807, 2.05) is 43.7 Å². The minimum atomic E-state index is -0.588. The summed E-state index contributed by atoms with van der Waals surface area (Å²) in [5.74, 6) is 0.304. The first-order valence-electron chi connectivity index (χ1n) is 7.59. The van der Waals surface area contributed by atoms with E-state index in [-0.39, 0.29) is 11.8 Å². The number of thiazole rings is 1. The second-order valence-electron chi connectivity index (χ2n) is 5.46. The number of carbonyl (C=O) groups is 2. The number of aryl methyl sites for hydroxylation is 2. The SMILES string of the molecule is CSCCC(NC(=O)c1cccc(C)c1)C(=O)Nc1nc(C)cs1. The van der Waals surface area contributed by atoms with Crippen molar-refractivity contribution in [2.24, 2.45) is 0 Å². The van der Waals surface area contributed by atoms with E-state index in [1.54, 1.807) is 17.8 Å². The molecule has 24 heavy (non-hydrogen) atoms. The maximum absolute atomic E-state index is 12.5. The first kappa shape index (κ1) is 18.5. The summed E-state index contributed by atoms with van der Waals surface area (Å²) in [6.45, 7) is 3.80. The molecule has 0 spiro atoms. The molecule has 2 aromatic rings. The van der Waals surface area contributed by atoms with Crippen molar-refractivity contribution in [3.8, 4) is 0 Å². The molecule has 128 valence electrons. The molecule has 0 saturated carbocycles. The van der Waals surface area contributed by atoms with Crippen LogP contribution in [-0.4, -0.2) is 34.8 Å². The number of carbonyl (C=O) groups excluding carboxylic acids is 2. The Hall–Kier alpha value is -1.86. The molecule has 0 fully saturated rings. The standard InChI is InChI=1S/C17H21N3O2S2/c1-11-5-4-6-13(9-11)15(21)19-14(7-8-23-3)16(22)20-17-18-12(2)10-24-17/h4-6,9-10,14H,7-8H2,1-3H3,(H,19,21)(H,18,20,22). The third kappa shape index (κ3) is 5.35. The minimum absolute atomic E-state index is 0.237. The molecule has 0 bridgehead atoms. The summed E-state index contributed by atoms with van der Waals surface area (Å²) in [6.07, 6.45) is 2.54. The number of hydrogen-bond acceptors (Lipinski definition) is 5. The monoisotopic (exact) mass is 363 g/mol. The quantitative estimate of drug-likeness (QED) is 0.792. The molecule has 2 N–H and O–H groups in total. The Labute approximate surface area is 150 Å². The van der Waals surface area contributed by atoms with Crippen molar-refractivity contribution in [1.82, 2.24) is 10.3 Å². The molecule has 1 aromatic heterocycles. The summed E-state index contributed by atoms with van der Waals surface area (Å²) in [7, 11) is 0. The third-order valence-electron chi connectivity index (χ3n) is 3.36. The summed E-state index contributed by atoms with van der Waals surface area (Å²) in [5.41, 5.74) is 2.42. The van der Waals surface area contributed by atoms with Gasteiger partial charge in [-0.1, -0.05) is 17.7 Å². The van der Waals surface area contributed by atoms with Gasteiger partial charge in [0.25, 0.3) is 5.91 Å². The van der Waals surface area contributed by atoms with Crippen LogP contribution in [0.15, 0.2) is 29.6 Å². The van der Waals surface area contributed by atoms with Crippen LogP contribution in [-0.2, 0) is 4.79 Å². The Morgan fingerprint density at radius 3 is 2.75 bits per heavy atom. The number of nitrogens with zero attached hydrogens (tertiary/aromatic N) is 1. The molecule has 1 atom stereocenters. The van der Waals surface area contributed by atoms with Gasteiger partial charge >= 0.3 is 0 Å². The predicted molar refractivity (Wildman–Crippen MR) is 101 cm³/mol. The highest BCUT2D eigenvalue weighted by molar-refractivity contribution is 7.98. The zero-order valence-corrected chi connectivity index (χ0v) is 15.6. The molecule has 0 aliphatic carbocycles. The molecule has 5 nitrogen and oxygen atoms in total. The van der Waals surface area contributed by atoms with E-state index in [0.717, 1.165) is 17.0 Å². The van der Waals surface area contributed by atoms with Gasteiger partial charge in [-0.3, -0.25) is 9.59 Å². The highest BCUT2D eigenvalue weighted by atomic mass is 32.2. The molecular weight excluding hydrogens is 342 g/mol. The third-order valence-corrected chi connectivity index (χ3v) is 4.88. The Kier molecular flexibility index (Phi) is 6.81. The molecule has 0 aliphatic rings. The van der Waals surface area contributed by atoms with Crippen molar-refractivity contribution in [3.05, 3.63) is 46.5 Å². The van der Waals surface area contributed by atoms with Gasteiger partial charge in [-0.25, -0.2) is 4.98 Å². The fraction of sp³-hybridized carbons (Fsp3) is 0.353. The van der Waals surface area contributed by atoms with E-state index in [0.29, 0.717) is 17.1 Å². The van der Waals surface area contributed by atoms with E-state index < -0.39 is 6.04 Å². The normalized spacial score (nSPS) is 11.8. The summed E-state index contributed by atoms with van der Waals surface area (Å²) in [5, 5.41) is 8.04. The average molecular weight is 364 g/mol. The Morgan fingerprint density at radius 1 is 1.33 bits per heavy atom. The number of anilines is 1. The lowest BCUT2D eigenvalue weighted by atomic mass is 10.1.